The van der Waals surface area contributed by atoms with Crippen LogP contribution in [-0.2, 0) is 25.5 Å². The minimum Gasteiger partial charge on any atom is -0.466 e. The van der Waals surface area contributed by atoms with Gasteiger partial charge >= 0.3 is 5.97 Å². The van der Waals surface area contributed by atoms with Crippen molar-refractivity contribution >= 4 is 17.8 Å². The molecule has 0 spiro atoms. The number of esters is 1. The lowest BCUT2D eigenvalue weighted by Gasteiger charge is -2.29. The van der Waals surface area contributed by atoms with E-state index in [9.17, 15) is 14.4 Å². The highest BCUT2D eigenvalue weighted by Gasteiger charge is 2.35. The molecule has 1 aromatic carbocycles. The van der Waals surface area contributed by atoms with Crippen LogP contribution < -0.4 is 10.6 Å². The van der Waals surface area contributed by atoms with Gasteiger partial charge in [-0.1, -0.05) is 153 Å². The molecule has 1 fully saturated rings. The molecule has 0 bridgehead atoms. The fourth-order valence-corrected chi connectivity index (χ4v) is 5.41. The van der Waals surface area contributed by atoms with Crippen LogP contribution >= 0.6 is 0 Å². The van der Waals surface area contributed by atoms with Gasteiger partial charge in [0.25, 0.3) is 0 Å². The second-order valence-corrected chi connectivity index (χ2v) is 11.6. The number of piperazine rings is 1. The summed E-state index contributed by atoms with van der Waals surface area (Å²) < 4.78 is 5.31. The fourth-order valence-electron chi connectivity index (χ4n) is 5.41. The van der Waals surface area contributed by atoms with E-state index in [2.05, 4.69) is 17.6 Å². The van der Waals surface area contributed by atoms with Crippen molar-refractivity contribution < 1.29 is 19.1 Å². The van der Waals surface area contributed by atoms with Crippen LogP contribution in [-0.4, -0.2) is 36.5 Å². The van der Waals surface area contributed by atoms with Gasteiger partial charge in [-0.2, -0.15) is 0 Å². The van der Waals surface area contributed by atoms with Crippen LogP contribution in [0.2, 0.25) is 0 Å². The molecule has 0 aromatic heterocycles. The van der Waals surface area contributed by atoms with Crippen LogP contribution in [0.3, 0.4) is 0 Å². The third kappa shape index (κ3) is 16.0. The summed E-state index contributed by atoms with van der Waals surface area (Å²) in [4.78, 5) is 37.0. The smallest absolute Gasteiger partial charge is 0.308 e. The highest BCUT2D eigenvalue weighted by Crippen LogP contribution is 2.15. The Labute approximate surface area is 243 Å². The Hall–Kier alpha value is -2.37. The van der Waals surface area contributed by atoms with Gasteiger partial charge in [0.05, 0.1) is 13.0 Å². The monoisotopic (exact) mass is 556 g/mol. The lowest BCUT2D eigenvalue weighted by molar-refractivity contribution is -0.147. The quantitative estimate of drug-likeness (QED) is 0.102. The number of nitrogens with one attached hydrogen (secondary N) is 2. The summed E-state index contributed by atoms with van der Waals surface area (Å²) in [5.74, 6) is -1.04. The van der Waals surface area contributed by atoms with Crippen molar-refractivity contribution in [3.63, 3.8) is 0 Å². The first-order chi connectivity index (χ1) is 19.6. The third-order valence-electron chi connectivity index (χ3n) is 7.93. The average molecular weight is 557 g/mol. The summed E-state index contributed by atoms with van der Waals surface area (Å²) in [7, 11) is 0. The van der Waals surface area contributed by atoms with E-state index in [0.717, 1.165) is 18.4 Å². The SMILES string of the molecule is CCCCCCCCCCCCCCCCCCCCCOC(=O)C[C@@H]1NC(=O)[C@H](Cc2ccccc2)NC1=O. The summed E-state index contributed by atoms with van der Waals surface area (Å²) in [5, 5.41) is 5.42. The van der Waals surface area contributed by atoms with Gasteiger partial charge in [-0.25, -0.2) is 0 Å². The van der Waals surface area contributed by atoms with Crippen molar-refractivity contribution in [2.75, 3.05) is 6.61 Å². The molecule has 0 aliphatic carbocycles. The Bertz CT molecular complexity index is 813. The lowest BCUT2D eigenvalue weighted by atomic mass is 10.0. The van der Waals surface area contributed by atoms with E-state index in [1.54, 1.807) is 0 Å². The highest BCUT2D eigenvalue weighted by atomic mass is 16.5. The van der Waals surface area contributed by atoms with E-state index in [1.807, 2.05) is 30.3 Å². The van der Waals surface area contributed by atoms with E-state index < -0.39 is 18.1 Å². The van der Waals surface area contributed by atoms with Gasteiger partial charge in [0.2, 0.25) is 11.8 Å². The zero-order chi connectivity index (χ0) is 28.7. The van der Waals surface area contributed by atoms with E-state index >= 15 is 0 Å². The maximum atomic E-state index is 12.4. The van der Waals surface area contributed by atoms with Gasteiger partial charge in [0, 0.05) is 6.42 Å². The number of hydrogen-bond donors (Lipinski definition) is 2. The Morgan fingerprint density at radius 1 is 0.625 bits per heavy atom. The molecule has 1 aliphatic heterocycles. The van der Waals surface area contributed by atoms with Crippen molar-refractivity contribution in [3.05, 3.63) is 35.9 Å². The number of unbranched alkanes of at least 4 members (excludes halogenated alkanes) is 18. The van der Waals surface area contributed by atoms with E-state index in [0.29, 0.717) is 13.0 Å². The number of carbonyl (C=O) groups excluding carboxylic acids is 3. The van der Waals surface area contributed by atoms with Crippen LogP contribution in [0.15, 0.2) is 30.3 Å². The largest absolute Gasteiger partial charge is 0.466 e. The Morgan fingerprint density at radius 3 is 1.55 bits per heavy atom. The molecular weight excluding hydrogens is 500 g/mol. The van der Waals surface area contributed by atoms with Crippen LogP contribution in [0, 0.1) is 0 Å². The van der Waals surface area contributed by atoms with Crippen molar-refractivity contribution in [2.45, 2.75) is 154 Å². The van der Waals surface area contributed by atoms with Gasteiger partial charge in [-0.3, -0.25) is 14.4 Å². The Morgan fingerprint density at radius 2 is 1.05 bits per heavy atom. The predicted molar refractivity (Wildman–Crippen MR) is 163 cm³/mol. The van der Waals surface area contributed by atoms with E-state index in [1.165, 1.54) is 109 Å². The van der Waals surface area contributed by atoms with Gasteiger partial charge in [-0.05, 0) is 12.0 Å². The van der Waals surface area contributed by atoms with Crippen LogP contribution in [0.1, 0.15) is 141 Å². The second kappa shape index (κ2) is 22.3. The summed E-state index contributed by atoms with van der Waals surface area (Å²) in [6, 6.07) is 8.07. The fraction of sp³-hybridized carbons (Fsp3) is 0.735. The summed E-state index contributed by atoms with van der Waals surface area (Å²) >= 11 is 0. The molecule has 0 radical (unpaired) electrons. The van der Waals surface area contributed by atoms with Gasteiger partial charge in [0.1, 0.15) is 12.1 Å². The number of carbonyl (C=O) groups is 3. The zero-order valence-corrected chi connectivity index (χ0v) is 25.2. The molecule has 40 heavy (non-hydrogen) atoms. The van der Waals surface area contributed by atoms with Gasteiger partial charge in [-0.15, -0.1) is 0 Å². The van der Waals surface area contributed by atoms with Crippen molar-refractivity contribution in [3.8, 4) is 0 Å². The minimum absolute atomic E-state index is 0.130. The normalized spacial score (nSPS) is 16.9. The predicted octanol–water partition coefficient (Wildman–Crippen LogP) is 7.58. The van der Waals surface area contributed by atoms with Gasteiger partial charge < -0.3 is 15.4 Å². The summed E-state index contributed by atoms with van der Waals surface area (Å²) in [6.07, 6.45) is 25.5. The number of ether oxygens (including phenoxy) is 1. The number of rotatable bonds is 24. The molecule has 2 atom stereocenters. The molecule has 1 saturated heterocycles. The number of hydrogen-bond acceptors (Lipinski definition) is 4. The molecule has 1 aliphatic rings. The first-order valence-electron chi connectivity index (χ1n) is 16.4. The Balaban J connectivity index is 1.35. The molecule has 1 aromatic rings. The molecule has 6 heteroatoms. The van der Waals surface area contributed by atoms with Crippen LogP contribution in [0.5, 0.6) is 0 Å². The summed E-state index contributed by atoms with van der Waals surface area (Å²) in [6.45, 7) is 2.65. The first-order valence-corrected chi connectivity index (χ1v) is 16.4. The number of amides is 2. The zero-order valence-electron chi connectivity index (χ0n) is 25.2. The molecule has 2 amide bonds. The molecule has 2 rings (SSSR count). The standard InChI is InChI=1S/C34H56N2O4/c1-2-3-4-5-6-7-8-9-10-11-12-13-14-15-16-17-18-19-23-26-40-32(37)28-31-34(39)35-30(33(38)36-31)27-29-24-21-20-22-25-29/h20-22,24-25,30-31H,2-19,23,26-28H2,1H3,(H,35,39)(H,36,38)/t30-,31-/m0/s1. The number of benzene rings is 1. The van der Waals surface area contributed by atoms with E-state index in [-0.39, 0.29) is 18.2 Å². The van der Waals surface area contributed by atoms with Crippen molar-refractivity contribution in [1.82, 2.24) is 10.6 Å². The molecule has 1 heterocycles. The van der Waals surface area contributed by atoms with E-state index in [4.69, 9.17) is 4.74 Å². The minimum atomic E-state index is -0.864. The molecule has 226 valence electrons. The average Bonchev–Trinajstić information content (AvgIpc) is 2.95. The molecule has 2 N–H and O–H groups in total. The topological polar surface area (TPSA) is 84.5 Å². The first kappa shape index (κ1) is 33.8. The molecule has 6 nitrogen and oxygen atoms in total. The molecule has 0 unspecified atom stereocenters. The van der Waals surface area contributed by atoms with Crippen LogP contribution in [0.4, 0.5) is 0 Å². The second-order valence-electron chi connectivity index (χ2n) is 11.6. The Kier molecular flexibility index (Phi) is 18.9. The summed E-state index contributed by atoms with van der Waals surface area (Å²) in [5.41, 5.74) is 0.973. The highest BCUT2D eigenvalue weighted by molar-refractivity contribution is 5.98. The maximum Gasteiger partial charge on any atom is 0.308 e. The molecular formula is C34H56N2O4. The maximum absolute atomic E-state index is 12.4. The van der Waals surface area contributed by atoms with Crippen molar-refractivity contribution in [1.29, 1.82) is 0 Å². The van der Waals surface area contributed by atoms with Crippen LogP contribution in [0.25, 0.3) is 0 Å². The molecule has 0 saturated carbocycles. The van der Waals surface area contributed by atoms with Gasteiger partial charge in [0.15, 0.2) is 0 Å². The lowest BCUT2D eigenvalue weighted by Crippen LogP contribution is -2.62. The van der Waals surface area contributed by atoms with Crippen molar-refractivity contribution in [2.24, 2.45) is 0 Å². The third-order valence-corrected chi connectivity index (χ3v) is 7.93.